The number of methoxy groups -OCH3 is 1. The van der Waals surface area contributed by atoms with Crippen molar-refractivity contribution in [3.05, 3.63) is 76.2 Å². The van der Waals surface area contributed by atoms with Crippen LogP contribution in [0.4, 0.5) is 10.1 Å². The van der Waals surface area contributed by atoms with Crippen LogP contribution in [0, 0.1) is 12.7 Å². The molecule has 164 valence electrons. The summed E-state index contributed by atoms with van der Waals surface area (Å²) in [5, 5.41) is 2.05. The van der Waals surface area contributed by atoms with Gasteiger partial charge in [0.25, 0.3) is 0 Å². The first-order valence-electron chi connectivity index (χ1n) is 10.7. The molecule has 1 aromatic heterocycles. The molecule has 6 heteroatoms. The van der Waals surface area contributed by atoms with E-state index >= 15 is 0 Å². The zero-order valence-corrected chi connectivity index (χ0v) is 18.9. The number of anilines is 1. The molecule has 1 aliphatic heterocycles. The molecule has 0 saturated carbocycles. The van der Waals surface area contributed by atoms with E-state index in [9.17, 15) is 4.39 Å². The van der Waals surface area contributed by atoms with Gasteiger partial charge in [0.2, 0.25) is 0 Å². The van der Waals surface area contributed by atoms with Gasteiger partial charge in [0.05, 0.1) is 12.8 Å². The number of hydrogen-bond donors (Lipinski definition) is 0. The fourth-order valence-corrected chi connectivity index (χ4v) is 4.78. The van der Waals surface area contributed by atoms with E-state index in [1.807, 2.05) is 30.5 Å². The van der Waals surface area contributed by atoms with E-state index < -0.39 is 0 Å². The monoisotopic (exact) mass is 440 g/mol. The van der Waals surface area contributed by atoms with Crippen molar-refractivity contribution < 1.29 is 13.9 Å². The van der Waals surface area contributed by atoms with Crippen molar-refractivity contribution in [3.63, 3.8) is 0 Å². The molecular weight excluding hydrogens is 411 g/mol. The summed E-state index contributed by atoms with van der Waals surface area (Å²) in [6.07, 6.45) is 0.672. The lowest BCUT2D eigenvalue weighted by molar-refractivity contribution is 0.157. The maximum absolute atomic E-state index is 14.3. The van der Waals surface area contributed by atoms with Crippen LogP contribution in [0.1, 0.15) is 23.0 Å². The van der Waals surface area contributed by atoms with E-state index in [4.69, 9.17) is 9.47 Å². The highest BCUT2D eigenvalue weighted by Gasteiger charge is 2.22. The molecule has 0 N–H and O–H groups in total. The maximum Gasteiger partial charge on any atom is 0.165 e. The third-order valence-corrected chi connectivity index (χ3v) is 6.69. The summed E-state index contributed by atoms with van der Waals surface area (Å²) in [5.41, 5.74) is 2.15. The van der Waals surface area contributed by atoms with Crippen LogP contribution < -0.4 is 14.4 Å². The SMILES string of the molecule is COc1ccccc1N1CCN(CC[C@@H](Oc2cc(C)ccc2F)c2cccs2)CC1. The summed E-state index contributed by atoms with van der Waals surface area (Å²) < 4.78 is 26.0. The van der Waals surface area contributed by atoms with Gasteiger partial charge in [-0.2, -0.15) is 0 Å². The first kappa shape index (κ1) is 21.7. The molecule has 4 nitrogen and oxygen atoms in total. The van der Waals surface area contributed by atoms with E-state index in [2.05, 4.69) is 28.0 Å². The number of thiophene rings is 1. The minimum Gasteiger partial charge on any atom is -0.495 e. The molecule has 0 radical (unpaired) electrons. The number of aryl methyl sites for hydroxylation is 1. The van der Waals surface area contributed by atoms with Gasteiger partial charge in [-0.15, -0.1) is 11.3 Å². The van der Waals surface area contributed by atoms with Crippen LogP contribution in [0.15, 0.2) is 60.0 Å². The van der Waals surface area contributed by atoms with Crippen molar-refractivity contribution in [2.24, 2.45) is 0 Å². The molecule has 2 heterocycles. The highest BCUT2D eigenvalue weighted by atomic mass is 32.1. The minimum absolute atomic E-state index is 0.149. The van der Waals surface area contributed by atoms with Gasteiger partial charge < -0.3 is 14.4 Å². The number of halogens is 1. The molecule has 3 aromatic rings. The summed E-state index contributed by atoms with van der Waals surface area (Å²) in [6, 6.07) is 17.3. The molecule has 31 heavy (non-hydrogen) atoms. The lowest BCUT2D eigenvalue weighted by Crippen LogP contribution is -2.47. The van der Waals surface area contributed by atoms with Crippen LogP contribution >= 0.6 is 11.3 Å². The van der Waals surface area contributed by atoms with Gasteiger partial charge in [-0.25, -0.2) is 4.39 Å². The van der Waals surface area contributed by atoms with Crippen LogP contribution in [0.2, 0.25) is 0 Å². The lowest BCUT2D eigenvalue weighted by atomic mass is 10.1. The van der Waals surface area contributed by atoms with E-state index in [1.54, 1.807) is 30.6 Å². The number of hydrogen-bond acceptors (Lipinski definition) is 5. The second-order valence-electron chi connectivity index (χ2n) is 7.85. The predicted octanol–water partition coefficient (Wildman–Crippen LogP) is 5.54. The van der Waals surface area contributed by atoms with E-state index in [1.165, 1.54) is 6.07 Å². The Kier molecular flexibility index (Phi) is 7.10. The fourth-order valence-electron chi connectivity index (χ4n) is 3.99. The Labute approximate surface area is 187 Å². The van der Waals surface area contributed by atoms with Crippen molar-refractivity contribution >= 4 is 17.0 Å². The quantitative estimate of drug-likeness (QED) is 0.459. The van der Waals surface area contributed by atoms with Crippen LogP contribution in [0.5, 0.6) is 11.5 Å². The first-order valence-corrected chi connectivity index (χ1v) is 11.6. The number of rotatable bonds is 8. The molecule has 1 atom stereocenters. The smallest absolute Gasteiger partial charge is 0.165 e. The molecule has 0 bridgehead atoms. The molecular formula is C25H29FN2O2S. The Bertz CT molecular complexity index is 971. The summed E-state index contributed by atoms with van der Waals surface area (Å²) in [7, 11) is 1.72. The molecule has 1 fully saturated rings. The highest BCUT2D eigenvalue weighted by molar-refractivity contribution is 7.10. The Morgan fingerprint density at radius 1 is 1.00 bits per heavy atom. The zero-order chi connectivity index (χ0) is 21.6. The average molecular weight is 441 g/mol. The molecule has 0 spiro atoms. The van der Waals surface area contributed by atoms with Crippen molar-refractivity contribution in [2.75, 3.05) is 44.7 Å². The van der Waals surface area contributed by atoms with Crippen molar-refractivity contribution in [1.82, 2.24) is 4.90 Å². The number of benzene rings is 2. The first-order chi connectivity index (χ1) is 15.1. The van der Waals surface area contributed by atoms with Crippen LogP contribution in [-0.2, 0) is 0 Å². The third kappa shape index (κ3) is 5.38. The molecule has 0 unspecified atom stereocenters. The summed E-state index contributed by atoms with van der Waals surface area (Å²) in [6.45, 7) is 6.74. The topological polar surface area (TPSA) is 24.9 Å². The number of piperazine rings is 1. The maximum atomic E-state index is 14.3. The molecule has 1 saturated heterocycles. The lowest BCUT2D eigenvalue weighted by Gasteiger charge is -2.37. The molecule has 0 aliphatic carbocycles. The molecule has 4 rings (SSSR count). The van der Waals surface area contributed by atoms with Gasteiger partial charge in [0.15, 0.2) is 11.6 Å². The Balaban J connectivity index is 1.37. The van der Waals surface area contributed by atoms with Crippen molar-refractivity contribution in [2.45, 2.75) is 19.4 Å². The Morgan fingerprint density at radius 2 is 1.81 bits per heavy atom. The molecule has 2 aromatic carbocycles. The standard InChI is InChI=1S/C25H29FN2O2S/c1-19-9-10-20(26)24(18-19)30-23(25-8-5-17-31-25)11-12-27-13-15-28(16-14-27)21-6-3-4-7-22(21)29-2/h3-10,17-18,23H,11-16H2,1-2H3/t23-/m1/s1. The van der Waals surface area contributed by atoms with Gasteiger partial charge >= 0.3 is 0 Å². The average Bonchev–Trinajstić information content (AvgIpc) is 3.34. The number of para-hydroxylation sites is 2. The third-order valence-electron chi connectivity index (χ3n) is 5.72. The summed E-state index contributed by atoms with van der Waals surface area (Å²) in [4.78, 5) is 5.97. The predicted molar refractivity (Wildman–Crippen MR) is 125 cm³/mol. The van der Waals surface area contributed by atoms with E-state index in [0.717, 1.165) is 61.0 Å². The summed E-state index contributed by atoms with van der Waals surface area (Å²) >= 11 is 1.66. The second-order valence-corrected chi connectivity index (χ2v) is 8.82. The van der Waals surface area contributed by atoms with Gasteiger partial charge in [-0.3, -0.25) is 4.90 Å². The van der Waals surface area contributed by atoms with Gasteiger partial charge in [0.1, 0.15) is 11.9 Å². The van der Waals surface area contributed by atoms with Gasteiger partial charge in [-0.1, -0.05) is 24.3 Å². The van der Waals surface area contributed by atoms with E-state index in [0.29, 0.717) is 5.75 Å². The number of nitrogens with zero attached hydrogens (tertiary/aromatic N) is 2. The molecule has 1 aliphatic rings. The largest absolute Gasteiger partial charge is 0.495 e. The van der Waals surface area contributed by atoms with E-state index in [-0.39, 0.29) is 11.9 Å². The minimum atomic E-state index is -0.308. The number of ether oxygens (including phenoxy) is 2. The van der Waals surface area contributed by atoms with Gasteiger partial charge in [-0.05, 0) is 48.2 Å². The Hall–Kier alpha value is -2.57. The highest BCUT2D eigenvalue weighted by Crippen LogP contribution is 2.31. The summed E-state index contributed by atoms with van der Waals surface area (Å²) in [5.74, 6) is 0.944. The Morgan fingerprint density at radius 3 is 2.55 bits per heavy atom. The van der Waals surface area contributed by atoms with Crippen LogP contribution in [-0.4, -0.2) is 44.7 Å². The second kappa shape index (κ2) is 10.2. The van der Waals surface area contributed by atoms with Crippen molar-refractivity contribution in [3.8, 4) is 11.5 Å². The fraction of sp³-hybridized carbons (Fsp3) is 0.360. The van der Waals surface area contributed by atoms with Gasteiger partial charge in [0, 0.05) is 44.0 Å². The zero-order valence-electron chi connectivity index (χ0n) is 18.1. The van der Waals surface area contributed by atoms with Crippen LogP contribution in [0.25, 0.3) is 0 Å². The van der Waals surface area contributed by atoms with Crippen LogP contribution in [0.3, 0.4) is 0 Å². The molecule has 0 amide bonds. The van der Waals surface area contributed by atoms with Crippen molar-refractivity contribution in [1.29, 1.82) is 0 Å². The normalized spacial score (nSPS) is 15.6.